The minimum Gasteiger partial charge on any atom is -0.379 e. The first-order chi connectivity index (χ1) is 11.1. The van der Waals surface area contributed by atoms with Crippen molar-refractivity contribution in [3.63, 3.8) is 0 Å². The van der Waals surface area contributed by atoms with Crippen LogP contribution in [0.2, 0.25) is 5.02 Å². The third kappa shape index (κ3) is 3.94. The van der Waals surface area contributed by atoms with Crippen LogP contribution in [-0.2, 0) is 4.74 Å². The first kappa shape index (κ1) is 16.5. The van der Waals surface area contributed by atoms with E-state index < -0.39 is 0 Å². The van der Waals surface area contributed by atoms with Gasteiger partial charge < -0.3 is 14.6 Å². The summed E-state index contributed by atoms with van der Waals surface area (Å²) in [6.45, 7) is 5.00. The minimum absolute atomic E-state index is 0.0533. The van der Waals surface area contributed by atoms with Gasteiger partial charge in [-0.1, -0.05) is 11.6 Å². The lowest BCUT2D eigenvalue weighted by Gasteiger charge is -2.39. The molecule has 0 saturated carbocycles. The van der Waals surface area contributed by atoms with E-state index in [0.29, 0.717) is 5.56 Å². The number of amides is 1. The molecule has 2 saturated heterocycles. The number of hydrogen-bond acceptors (Lipinski definition) is 4. The normalized spacial score (nSPS) is 23.0. The average Bonchev–Trinajstić information content (AvgIpc) is 2.58. The van der Waals surface area contributed by atoms with E-state index in [1.54, 1.807) is 0 Å². The van der Waals surface area contributed by atoms with Crippen LogP contribution >= 0.6 is 11.6 Å². The van der Waals surface area contributed by atoms with Gasteiger partial charge in [0.1, 0.15) is 5.02 Å². The van der Waals surface area contributed by atoms with Gasteiger partial charge in [-0.2, -0.15) is 0 Å². The van der Waals surface area contributed by atoms with Crippen LogP contribution in [0.15, 0.2) is 17.1 Å². The molecule has 0 aromatic carbocycles. The Bertz CT molecular complexity index is 613. The fraction of sp³-hybridized carbons (Fsp3) is 0.625. The molecule has 126 valence electrons. The average molecular weight is 340 g/mol. The summed E-state index contributed by atoms with van der Waals surface area (Å²) in [4.78, 5) is 31.0. The Morgan fingerprint density at radius 1 is 1.30 bits per heavy atom. The van der Waals surface area contributed by atoms with Crippen LogP contribution in [0.5, 0.6) is 0 Å². The number of rotatable bonds is 3. The molecule has 3 heterocycles. The van der Waals surface area contributed by atoms with Crippen molar-refractivity contribution in [1.82, 2.24) is 14.8 Å². The Morgan fingerprint density at radius 2 is 2.09 bits per heavy atom. The number of nitrogens with one attached hydrogen (secondary N) is 1. The van der Waals surface area contributed by atoms with Gasteiger partial charge in [0.15, 0.2) is 0 Å². The maximum atomic E-state index is 12.8. The zero-order valence-corrected chi connectivity index (χ0v) is 13.8. The second-order valence-corrected chi connectivity index (χ2v) is 6.53. The van der Waals surface area contributed by atoms with Gasteiger partial charge in [0.25, 0.3) is 11.5 Å². The van der Waals surface area contributed by atoms with Crippen LogP contribution in [-0.4, -0.2) is 66.1 Å². The van der Waals surface area contributed by atoms with Crippen LogP contribution in [0.4, 0.5) is 0 Å². The number of aromatic amines is 1. The summed E-state index contributed by atoms with van der Waals surface area (Å²) in [5, 5.41) is 0.0533. The maximum Gasteiger partial charge on any atom is 0.266 e. The van der Waals surface area contributed by atoms with E-state index in [1.807, 2.05) is 4.90 Å². The van der Waals surface area contributed by atoms with Crippen LogP contribution in [0, 0.1) is 0 Å². The van der Waals surface area contributed by atoms with Gasteiger partial charge in [-0.25, -0.2) is 0 Å². The molecule has 0 spiro atoms. The number of carbonyl (C=O) groups excluding carboxylic acids is 1. The van der Waals surface area contributed by atoms with Crippen LogP contribution in [0.25, 0.3) is 0 Å². The predicted octanol–water partition coefficient (Wildman–Crippen LogP) is 1.36. The number of nitrogens with zero attached hydrogens (tertiary/aromatic N) is 2. The number of halogens is 1. The highest BCUT2D eigenvalue weighted by atomic mass is 35.5. The number of pyridine rings is 1. The SMILES string of the molecule is O=C(c1c[nH]c(=O)c(Cl)c1)N1CCCC[C@H]1CN1CCOCC1. The molecule has 6 nitrogen and oxygen atoms in total. The Kier molecular flexibility index (Phi) is 5.35. The highest BCUT2D eigenvalue weighted by molar-refractivity contribution is 6.30. The van der Waals surface area contributed by atoms with Crippen molar-refractivity contribution in [2.75, 3.05) is 39.4 Å². The van der Waals surface area contributed by atoms with Crippen LogP contribution in [0.3, 0.4) is 0 Å². The summed E-state index contributed by atoms with van der Waals surface area (Å²) in [7, 11) is 0. The minimum atomic E-state index is -0.369. The molecule has 0 aliphatic carbocycles. The molecule has 1 amide bonds. The third-order valence-electron chi connectivity index (χ3n) is 4.57. The number of likely N-dealkylation sites (tertiary alicyclic amines) is 1. The predicted molar refractivity (Wildman–Crippen MR) is 88.0 cm³/mol. The Balaban J connectivity index is 1.72. The first-order valence-corrected chi connectivity index (χ1v) is 8.52. The lowest BCUT2D eigenvalue weighted by Crippen LogP contribution is -2.51. The molecule has 2 fully saturated rings. The molecular formula is C16H22ClN3O3. The highest BCUT2D eigenvalue weighted by Gasteiger charge is 2.29. The number of ether oxygens (including phenoxy) is 1. The van der Waals surface area contributed by atoms with Crippen molar-refractivity contribution in [1.29, 1.82) is 0 Å². The molecule has 2 aliphatic rings. The lowest BCUT2D eigenvalue weighted by atomic mass is 10.00. The molecule has 0 unspecified atom stereocenters. The quantitative estimate of drug-likeness (QED) is 0.903. The van der Waals surface area contributed by atoms with Crippen molar-refractivity contribution < 1.29 is 9.53 Å². The van der Waals surface area contributed by atoms with Gasteiger partial charge in [0.2, 0.25) is 0 Å². The number of morpholine rings is 1. The summed E-state index contributed by atoms with van der Waals surface area (Å²) in [6, 6.07) is 1.67. The van der Waals surface area contributed by atoms with Crippen LogP contribution < -0.4 is 5.56 Å². The van der Waals surface area contributed by atoms with Gasteiger partial charge in [-0.15, -0.1) is 0 Å². The number of carbonyl (C=O) groups is 1. The molecule has 0 bridgehead atoms. The standard InChI is InChI=1S/C16H22ClN3O3/c17-14-9-12(10-18-15(14)21)16(22)20-4-2-1-3-13(20)11-19-5-7-23-8-6-19/h9-10,13H,1-8,11H2,(H,18,21)/t13-/m0/s1. The molecule has 7 heteroatoms. The molecule has 3 rings (SSSR count). The molecule has 1 aromatic rings. The Labute approximate surface area is 140 Å². The molecule has 23 heavy (non-hydrogen) atoms. The second kappa shape index (κ2) is 7.47. The monoisotopic (exact) mass is 339 g/mol. The molecule has 2 aliphatic heterocycles. The van der Waals surface area contributed by atoms with Gasteiger partial charge in [-0.05, 0) is 25.3 Å². The summed E-state index contributed by atoms with van der Waals surface area (Å²) in [5.41, 5.74) is 0.0789. The van der Waals surface area contributed by atoms with Crippen molar-refractivity contribution in [2.24, 2.45) is 0 Å². The zero-order valence-electron chi connectivity index (χ0n) is 13.1. The van der Waals surface area contributed by atoms with E-state index in [0.717, 1.165) is 58.7 Å². The fourth-order valence-corrected chi connectivity index (χ4v) is 3.46. The van der Waals surface area contributed by atoms with E-state index in [-0.39, 0.29) is 22.5 Å². The first-order valence-electron chi connectivity index (χ1n) is 8.14. The number of aromatic nitrogens is 1. The molecule has 1 atom stereocenters. The van der Waals surface area contributed by atoms with Gasteiger partial charge >= 0.3 is 0 Å². The molecule has 1 N–H and O–H groups in total. The van der Waals surface area contributed by atoms with Gasteiger partial charge in [-0.3, -0.25) is 14.5 Å². The summed E-state index contributed by atoms with van der Waals surface area (Å²) < 4.78 is 5.39. The smallest absolute Gasteiger partial charge is 0.266 e. The van der Waals surface area contributed by atoms with Crippen molar-refractivity contribution in [2.45, 2.75) is 25.3 Å². The van der Waals surface area contributed by atoms with E-state index in [4.69, 9.17) is 16.3 Å². The number of H-pyrrole nitrogens is 1. The number of hydrogen-bond donors (Lipinski definition) is 1. The molecule has 0 radical (unpaired) electrons. The number of piperidine rings is 1. The van der Waals surface area contributed by atoms with Crippen molar-refractivity contribution in [3.8, 4) is 0 Å². The highest BCUT2D eigenvalue weighted by Crippen LogP contribution is 2.21. The third-order valence-corrected chi connectivity index (χ3v) is 4.85. The van der Waals surface area contributed by atoms with Crippen molar-refractivity contribution in [3.05, 3.63) is 33.2 Å². The maximum absolute atomic E-state index is 12.8. The zero-order chi connectivity index (χ0) is 16.2. The fourth-order valence-electron chi connectivity index (χ4n) is 3.28. The van der Waals surface area contributed by atoms with E-state index in [1.165, 1.54) is 12.3 Å². The largest absolute Gasteiger partial charge is 0.379 e. The van der Waals surface area contributed by atoms with E-state index in [9.17, 15) is 9.59 Å². The summed E-state index contributed by atoms with van der Waals surface area (Å²) in [5.74, 6) is -0.0545. The van der Waals surface area contributed by atoms with Gasteiger partial charge in [0.05, 0.1) is 18.8 Å². The molecule has 1 aromatic heterocycles. The van der Waals surface area contributed by atoms with Crippen molar-refractivity contribution >= 4 is 17.5 Å². The molecular weight excluding hydrogens is 318 g/mol. The van der Waals surface area contributed by atoms with Crippen LogP contribution in [0.1, 0.15) is 29.6 Å². The summed E-state index contributed by atoms with van der Waals surface area (Å²) >= 11 is 5.85. The second-order valence-electron chi connectivity index (χ2n) is 6.13. The Hall–Kier alpha value is -1.37. The summed E-state index contributed by atoms with van der Waals surface area (Å²) in [6.07, 6.45) is 4.63. The Morgan fingerprint density at radius 3 is 2.83 bits per heavy atom. The van der Waals surface area contributed by atoms with E-state index >= 15 is 0 Å². The van der Waals surface area contributed by atoms with Gasteiger partial charge in [0, 0.05) is 38.4 Å². The lowest BCUT2D eigenvalue weighted by molar-refractivity contribution is 0.0166. The topological polar surface area (TPSA) is 65.6 Å². The van der Waals surface area contributed by atoms with E-state index in [2.05, 4.69) is 9.88 Å².